The van der Waals surface area contributed by atoms with Gasteiger partial charge < -0.3 is 14.7 Å². The van der Waals surface area contributed by atoms with Gasteiger partial charge in [-0.05, 0) is 31.9 Å². The Balaban J connectivity index is 1.99. The number of ether oxygens (including phenoxy) is 1. The van der Waals surface area contributed by atoms with E-state index >= 15 is 0 Å². The number of carbonyl (C=O) groups is 2. The van der Waals surface area contributed by atoms with E-state index in [0.717, 1.165) is 25.0 Å². The van der Waals surface area contributed by atoms with E-state index in [1.165, 1.54) is 6.07 Å². The van der Waals surface area contributed by atoms with Gasteiger partial charge in [0.2, 0.25) is 0 Å². The standard InChI is InChI=1S/C14H16FNO4/c1-2-16(11-3-4-11)13(17)8-20-12-6-9(14(18)19)5-10(15)7-12/h5-7,11H,2-4,8H2,1H3,(H,18,19). The maximum absolute atomic E-state index is 13.2. The number of amides is 1. The molecule has 5 nitrogen and oxygen atoms in total. The van der Waals surface area contributed by atoms with Crippen LogP contribution in [0, 0.1) is 5.82 Å². The summed E-state index contributed by atoms with van der Waals surface area (Å²) >= 11 is 0. The second-order valence-electron chi connectivity index (χ2n) is 4.68. The summed E-state index contributed by atoms with van der Waals surface area (Å²) in [5, 5.41) is 8.82. The topological polar surface area (TPSA) is 66.8 Å². The molecule has 0 bridgehead atoms. The highest BCUT2D eigenvalue weighted by atomic mass is 19.1. The molecule has 20 heavy (non-hydrogen) atoms. The predicted molar refractivity (Wildman–Crippen MR) is 69.3 cm³/mol. The van der Waals surface area contributed by atoms with Crippen LogP contribution in [0.5, 0.6) is 5.75 Å². The van der Waals surface area contributed by atoms with Gasteiger partial charge in [0.05, 0.1) is 5.56 Å². The van der Waals surface area contributed by atoms with Gasteiger partial charge in [0, 0.05) is 18.7 Å². The molecular weight excluding hydrogens is 265 g/mol. The summed E-state index contributed by atoms with van der Waals surface area (Å²) in [6.45, 7) is 2.28. The van der Waals surface area contributed by atoms with Crippen LogP contribution in [0.2, 0.25) is 0 Å². The van der Waals surface area contributed by atoms with Crippen LogP contribution in [0.3, 0.4) is 0 Å². The van der Waals surface area contributed by atoms with Crippen LogP contribution >= 0.6 is 0 Å². The van der Waals surface area contributed by atoms with Gasteiger partial charge in [0.1, 0.15) is 11.6 Å². The molecule has 0 spiro atoms. The predicted octanol–water partition coefficient (Wildman–Crippen LogP) is 1.91. The van der Waals surface area contributed by atoms with E-state index in [9.17, 15) is 14.0 Å². The van der Waals surface area contributed by atoms with Crippen LogP contribution in [0.25, 0.3) is 0 Å². The summed E-state index contributed by atoms with van der Waals surface area (Å²) in [6, 6.07) is 3.46. The van der Waals surface area contributed by atoms with Crippen molar-refractivity contribution >= 4 is 11.9 Å². The molecule has 1 amide bonds. The lowest BCUT2D eigenvalue weighted by molar-refractivity contribution is -0.133. The molecule has 1 aromatic rings. The lowest BCUT2D eigenvalue weighted by Crippen LogP contribution is -2.36. The van der Waals surface area contributed by atoms with Gasteiger partial charge in [-0.15, -0.1) is 0 Å². The monoisotopic (exact) mass is 281 g/mol. The van der Waals surface area contributed by atoms with Crippen molar-refractivity contribution in [1.82, 2.24) is 4.90 Å². The summed E-state index contributed by atoms with van der Waals surface area (Å²) in [6.07, 6.45) is 2.01. The fourth-order valence-corrected chi connectivity index (χ4v) is 2.02. The van der Waals surface area contributed by atoms with Crippen molar-refractivity contribution in [3.8, 4) is 5.75 Å². The Morgan fingerprint density at radius 1 is 1.40 bits per heavy atom. The number of aromatic carboxylic acids is 1. The number of likely N-dealkylation sites (N-methyl/N-ethyl adjacent to an activating group) is 1. The molecule has 0 radical (unpaired) electrons. The number of carboxylic acids is 1. The quantitative estimate of drug-likeness (QED) is 0.865. The van der Waals surface area contributed by atoms with Crippen LogP contribution < -0.4 is 4.74 Å². The molecule has 1 fully saturated rings. The summed E-state index contributed by atoms with van der Waals surface area (Å²) in [5.41, 5.74) is -0.206. The van der Waals surface area contributed by atoms with E-state index in [1.54, 1.807) is 4.90 Å². The first kappa shape index (κ1) is 14.3. The molecule has 6 heteroatoms. The van der Waals surface area contributed by atoms with Crippen molar-refractivity contribution < 1.29 is 23.8 Å². The van der Waals surface area contributed by atoms with Crippen LogP contribution in [-0.4, -0.2) is 41.1 Å². The maximum Gasteiger partial charge on any atom is 0.335 e. The van der Waals surface area contributed by atoms with Gasteiger partial charge >= 0.3 is 5.97 Å². The molecule has 1 N–H and O–H groups in total. The van der Waals surface area contributed by atoms with Gasteiger partial charge in [0.25, 0.3) is 5.91 Å². The normalized spacial score (nSPS) is 13.9. The molecule has 108 valence electrons. The molecule has 1 aromatic carbocycles. The number of benzene rings is 1. The average molecular weight is 281 g/mol. The Morgan fingerprint density at radius 3 is 2.65 bits per heavy atom. The summed E-state index contributed by atoms with van der Waals surface area (Å²) in [5.74, 6) is -2.07. The number of carboxylic acid groups (broad SMARTS) is 1. The van der Waals surface area contributed by atoms with Gasteiger partial charge in [-0.1, -0.05) is 0 Å². The van der Waals surface area contributed by atoms with Crippen LogP contribution in [0.1, 0.15) is 30.1 Å². The number of hydrogen-bond donors (Lipinski definition) is 1. The van der Waals surface area contributed by atoms with Gasteiger partial charge in [0.15, 0.2) is 6.61 Å². The summed E-state index contributed by atoms with van der Waals surface area (Å²) < 4.78 is 18.4. The molecule has 0 heterocycles. The molecule has 1 aliphatic rings. The summed E-state index contributed by atoms with van der Waals surface area (Å²) in [7, 11) is 0. The smallest absolute Gasteiger partial charge is 0.335 e. The van der Waals surface area contributed by atoms with E-state index in [2.05, 4.69) is 0 Å². The van der Waals surface area contributed by atoms with Gasteiger partial charge in [-0.3, -0.25) is 4.79 Å². The van der Waals surface area contributed by atoms with E-state index in [-0.39, 0.29) is 29.9 Å². The van der Waals surface area contributed by atoms with Crippen molar-refractivity contribution in [2.24, 2.45) is 0 Å². The highest BCUT2D eigenvalue weighted by Crippen LogP contribution is 2.26. The highest BCUT2D eigenvalue weighted by Gasteiger charge is 2.31. The average Bonchev–Trinajstić information content (AvgIpc) is 3.21. The lowest BCUT2D eigenvalue weighted by atomic mass is 10.2. The first-order valence-electron chi connectivity index (χ1n) is 6.47. The molecule has 0 atom stereocenters. The number of halogens is 1. The minimum absolute atomic E-state index is 0.0441. The fourth-order valence-electron chi connectivity index (χ4n) is 2.02. The SMILES string of the molecule is CCN(C(=O)COc1cc(F)cc(C(=O)O)c1)C1CC1. The van der Waals surface area contributed by atoms with Crippen molar-refractivity contribution in [2.75, 3.05) is 13.2 Å². The Hall–Kier alpha value is -2.11. The minimum atomic E-state index is -1.24. The van der Waals surface area contributed by atoms with Crippen molar-refractivity contribution in [2.45, 2.75) is 25.8 Å². The number of rotatable bonds is 6. The Labute approximate surface area is 116 Å². The zero-order chi connectivity index (χ0) is 14.7. The van der Waals surface area contributed by atoms with E-state index in [0.29, 0.717) is 6.54 Å². The van der Waals surface area contributed by atoms with E-state index in [4.69, 9.17) is 9.84 Å². The number of nitrogens with zero attached hydrogens (tertiary/aromatic N) is 1. The van der Waals surface area contributed by atoms with E-state index in [1.807, 2.05) is 6.92 Å². The molecule has 0 saturated heterocycles. The van der Waals surface area contributed by atoms with Crippen molar-refractivity contribution in [1.29, 1.82) is 0 Å². The third-order valence-corrected chi connectivity index (χ3v) is 3.13. The first-order valence-corrected chi connectivity index (χ1v) is 6.47. The molecule has 1 saturated carbocycles. The Bertz CT molecular complexity index is 528. The zero-order valence-electron chi connectivity index (χ0n) is 11.1. The van der Waals surface area contributed by atoms with Gasteiger partial charge in [-0.2, -0.15) is 0 Å². The summed E-state index contributed by atoms with van der Waals surface area (Å²) in [4.78, 5) is 24.4. The molecular formula is C14H16FNO4. The minimum Gasteiger partial charge on any atom is -0.484 e. The van der Waals surface area contributed by atoms with Gasteiger partial charge in [-0.25, -0.2) is 9.18 Å². The molecule has 2 rings (SSSR count). The van der Waals surface area contributed by atoms with Crippen LogP contribution in [0.15, 0.2) is 18.2 Å². The number of carbonyl (C=O) groups excluding carboxylic acids is 1. The Kier molecular flexibility index (Phi) is 4.22. The maximum atomic E-state index is 13.2. The second-order valence-corrected chi connectivity index (χ2v) is 4.68. The third kappa shape index (κ3) is 3.46. The van der Waals surface area contributed by atoms with Crippen LogP contribution in [-0.2, 0) is 4.79 Å². The van der Waals surface area contributed by atoms with E-state index < -0.39 is 11.8 Å². The third-order valence-electron chi connectivity index (χ3n) is 3.13. The molecule has 0 aromatic heterocycles. The Morgan fingerprint density at radius 2 is 2.10 bits per heavy atom. The molecule has 0 unspecified atom stereocenters. The molecule has 0 aliphatic heterocycles. The first-order chi connectivity index (χ1) is 9.51. The largest absolute Gasteiger partial charge is 0.484 e. The molecule has 1 aliphatic carbocycles. The lowest BCUT2D eigenvalue weighted by Gasteiger charge is -2.20. The number of hydrogen-bond acceptors (Lipinski definition) is 3. The zero-order valence-corrected chi connectivity index (χ0v) is 11.1. The second kappa shape index (κ2) is 5.90. The van der Waals surface area contributed by atoms with Crippen molar-refractivity contribution in [3.63, 3.8) is 0 Å². The fraction of sp³-hybridized carbons (Fsp3) is 0.429. The van der Waals surface area contributed by atoms with Crippen LogP contribution in [0.4, 0.5) is 4.39 Å². The van der Waals surface area contributed by atoms with Crippen molar-refractivity contribution in [3.05, 3.63) is 29.6 Å². The highest BCUT2D eigenvalue weighted by molar-refractivity contribution is 5.88.